The number of aliphatic hydroxyl groups excluding tert-OH is 1. The molecule has 1 aliphatic rings. The molecule has 1 aromatic rings. The van der Waals surface area contributed by atoms with Crippen molar-refractivity contribution < 1.29 is 5.11 Å². The highest BCUT2D eigenvalue weighted by atomic mass is 16.3. The van der Waals surface area contributed by atoms with Gasteiger partial charge in [-0.3, -0.25) is 4.68 Å². The molecule has 0 amide bonds. The van der Waals surface area contributed by atoms with Crippen molar-refractivity contribution >= 4 is 0 Å². The Morgan fingerprint density at radius 3 is 2.95 bits per heavy atom. The lowest BCUT2D eigenvalue weighted by Gasteiger charge is -2.41. The summed E-state index contributed by atoms with van der Waals surface area (Å²) in [5, 5.41) is 14.0. The van der Waals surface area contributed by atoms with Crippen molar-refractivity contribution in [3.05, 3.63) is 18.0 Å². The maximum atomic E-state index is 9.84. The Hall–Kier alpha value is -0.870. The van der Waals surface area contributed by atoms with Crippen LogP contribution in [-0.4, -0.2) is 40.0 Å². The van der Waals surface area contributed by atoms with E-state index in [9.17, 15) is 5.11 Å². The molecule has 2 atom stereocenters. The normalized spacial score (nSPS) is 27.9. The number of aromatic nitrogens is 2. The van der Waals surface area contributed by atoms with Gasteiger partial charge in [-0.05, 0) is 25.8 Å². The SMILES string of the molecule is CC1CCCC(CO)(CN(C)Cc2cnn(C)c2)C1. The van der Waals surface area contributed by atoms with Crippen molar-refractivity contribution in [2.45, 2.75) is 39.2 Å². The van der Waals surface area contributed by atoms with Crippen LogP contribution in [0, 0.1) is 11.3 Å². The van der Waals surface area contributed by atoms with Gasteiger partial charge in [0.2, 0.25) is 0 Å². The second-order valence-corrected chi connectivity index (χ2v) is 6.55. The van der Waals surface area contributed by atoms with Crippen LogP contribution in [0.5, 0.6) is 0 Å². The largest absolute Gasteiger partial charge is 0.396 e. The predicted octanol–water partition coefficient (Wildman–Crippen LogP) is 2.04. The molecule has 19 heavy (non-hydrogen) atoms. The minimum absolute atomic E-state index is 0.106. The Morgan fingerprint density at radius 2 is 2.37 bits per heavy atom. The summed E-state index contributed by atoms with van der Waals surface area (Å²) in [5.74, 6) is 0.743. The number of rotatable bonds is 5. The Bertz CT molecular complexity index is 404. The van der Waals surface area contributed by atoms with Crippen molar-refractivity contribution in [1.82, 2.24) is 14.7 Å². The van der Waals surface area contributed by atoms with Crippen LogP contribution < -0.4 is 0 Å². The van der Waals surface area contributed by atoms with Gasteiger partial charge in [0, 0.05) is 43.9 Å². The maximum absolute atomic E-state index is 9.84. The molecule has 0 spiro atoms. The van der Waals surface area contributed by atoms with Crippen LogP contribution in [0.15, 0.2) is 12.4 Å². The smallest absolute Gasteiger partial charge is 0.0534 e. The fraction of sp³-hybridized carbons (Fsp3) is 0.800. The molecule has 1 heterocycles. The first kappa shape index (κ1) is 14.5. The first-order valence-electron chi connectivity index (χ1n) is 7.30. The molecule has 4 nitrogen and oxygen atoms in total. The molecule has 0 radical (unpaired) electrons. The summed E-state index contributed by atoms with van der Waals surface area (Å²) >= 11 is 0. The van der Waals surface area contributed by atoms with Gasteiger partial charge in [-0.15, -0.1) is 0 Å². The van der Waals surface area contributed by atoms with E-state index in [4.69, 9.17) is 0 Å². The molecule has 1 saturated carbocycles. The van der Waals surface area contributed by atoms with E-state index in [1.54, 1.807) is 0 Å². The van der Waals surface area contributed by atoms with E-state index in [2.05, 4.69) is 30.2 Å². The number of aliphatic hydroxyl groups is 1. The Kier molecular flexibility index (Phi) is 4.63. The van der Waals surface area contributed by atoms with E-state index < -0.39 is 0 Å². The summed E-state index contributed by atoms with van der Waals surface area (Å²) < 4.78 is 1.84. The third kappa shape index (κ3) is 3.80. The Labute approximate surface area is 116 Å². The molecule has 1 N–H and O–H groups in total. The average molecular weight is 265 g/mol. The van der Waals surface area contributed by atoms with Crippen molar-refractivity contribution in [1.29, 1.82) is 0 Å². The third-order valence-electron chi connectivity index (χ3n) is 4.34. The fourth-order valence-corrected chi connectivity index (χ4v) is 3.60. The molecule has 0 bridgehead atoms. The summed E-state index contributed by atoms with van der Waals surface area (Å²) in [4.78, 5) is 2.32. The second kappa shape index (κ2) is 6.06. The average Bonchev–Trinajstić information content (AvgIpc) is 2.74. The lowest BCUT2D eigenvalue weighted by Crippen LogP contribution is -2.41. The van der Waals surface area contributed by atoms with Crippen LogP contribution >= 0.6 is 0 Å². The molecule has 1 fully saturated rings. The lowest BCUT2D eigenvalue weighted by atomic mass is 9.70. The minimum atomic E-state index is 0.106. The highest BCUT2D eigenvalue weighted by Crippen LogP contribution is 2.39. The summed E-state index contributed by atoms with van der Waals surface area (Å²) in [5.41, 5.74) is 1.34. The van der Waals surface area contributed by atoms with Crippen molar-refractivity contribution in [3.8, 4) is 0 Å². The number of aryl methyl sites for hydroxylation is 1. The van der Waals surface area contributed by atoms with Gasteiger partial charge in [0.05, 0.1) is 6.20 Å². The summed E-state index contributed by atoms with van der Waals surface area (Å²) in [7, 11) is 4.09. The van der Waals surface area contributed by atoms with E-state index in [1.165, 1.54) is 18.4 Å². The van der Waals surface area contributed by atoms with Gasteiger partial charge in [-0.25, -0.2) is 0 Å². The maximum Gasteiger partial charge on any atom is 0.0534 e. The van der Waals surface area contributed by atoms with Gasteiger partial charge < -0.3 is 10.0 Å². The standard InChI is InChI=1S/C15H27N3O/c1-13-5-4-6-15(7-13,12-19)11-17(2)9-14-8-16-18(3)10-14/h8,10,13,19H,4-7,9,11-12H2,1-3H3. The van der Waals surface area contributed by atoms with Gasteiger partial charge in [-0.2, -0.15) is 5.10 Å². The van der Waals surface area contributed by atoms with Gasteiger partial charge in [0.15, 0.2) is 0 Å². The predicted molar refractivity (Wildman–Crippen MR) is 76.7 cm³/mol. The molecular formula is C15H27N3O. The van der Waals surface area contributed by atoms with E-state index in [-0.39, 0.29) is 5.41 Å². The van der Waals surface area contributed by atoms with Gasteiger partial charge in [0.25, 0.3) is 0 Å². The zero-order valence-corrected chi connectivity index (χ0v) is 12.5. The van der Waals surface area contributed by atoms with Crippen molar-refractivity contribution in [2.75, 3.05) is 20.2 Å². The number of nitrogens with zero attached hydrogens (tertiary/aromatic N) is 3. The monoisotopic (exact) mass is 265 g/mol. The number of hydrogen-bond donors (Lipinski definition) is 1. The molecule has 108 valence electrons. The van der Waals surface area contributed by atoms with Gasteiger partial charge >= 0.3 is 0 Å². The van der Waals surface area contributed by atoms with Crippen molar-refractivity contribution in [2.24, 2.45) is 18.4 Å². The molecule has 1 aliphatic carbocycles. The van der Waals surface area contributed by atoms with Gasteiger partial charge in [0.1, 0.15) is 0 Å². The molecule has 1 aromatic heterocycles. The number of hydrogen-bond acceptors (Lipinski definition) is 3. The zero-order valence-electron chi connectivity index (χ0n) is 12.5. The summed E-state index contributed by atoms with van der Waals surface area (Å²) in [6.45, 7) is 4.51. The van der Waals surface area contributed by atoms with E-state index in [0.29, 0.717) is 6.61 Å². The second-order valence-electron chi connectivity index (χ2n) is 6.55. The van der Waals surface area contributed by atoms with Gasteiger partial charge in [-0.1, -0.05) is 19.8 Å². The van der Waals surface area contributed by atoms with E-state index in [0.717, 1.165) is 31.8 Å². The fourth-order valence-electron chi connectivity index (χ4n) is 3.60. The highest BCUT2D eigenvalue weighted by molar-refractivity contribution is 5.03. The molecule has 0 aromatic carbocycles. The highest BCUT2D eigenvalue weighted by Gasteiger charge is 2.35. The topological polar surface area (TPSA) is 41.3 Å². The molecule has 2 unspecified atom stereocenters. The molecule has 0 aliphatic heterocycles. The third-order valence-corrected chi connectivity index (χ3v) is 4.34. The molecule has 4 heteroatoms. The first-order valence-corrected chi connectivity index (χ1v) is 7.30. The molecular weight excluding hydrogens is 238 g/mol. The lowest BCUT2D eigenvalue weighted by molar-refractivity contribution is 0.0290. The zero-order chi connectivity index (χ0) is 13.9. The van der Waals surface area contributed by atoms with E-state index >= 15 is 0 Å². The minimum Gasteiger partial charge on any atom is -0.396 e. The summed E-state index contributed by atoms with van der Waals surface area (Å²) in [6, 6.07) is 0. The molecule has 0 saturated heterocycles. The van der Waals surface area contributed by atoms with Crippen LogP contribution in [0.1, 0.15) is 38.2 Å². The van der Waals surface area contributed by atoms with Crippen LogP contribution in [-0.2, 0) is 13.6 Å². The first-order chi connectivity index (χ1) is 9.03. The van der Waals surface area contributed by atoms with Crippen molar-refractivity contribution in [3.63, 3.8) is 0 Å². The Morgan fingerprint density at radius 1 is 1.58 bits per heavy atom. The Balaban J connectivity index is 1.93. The van der Waals surface area contributed by atoms with E-state index in [1.807, 2.05) is 17.9 Å². The van der Waals surface area contributed by atoms with Crippen LogP contribution in [0.4, 0.5) is 0 Å². The summed E-state index contributed by atoms with van der Waals surface area (Å²) in [6.07, 6.45) is 8.86. The quantitative estimate of drug-likeness (QED) is 0.886. The van der Waals surface area contributed by atoms with Crippen LogP contribution in [0.25, 0.3) is 0 Å². The molecule has 2 rings (SSSR count). The van der Waals surface area contributed by atoms with Crippen LogP contribution in [0.2, 0.25) is 0 Å². The van der Waals surface area contributed by atoms with Crippen LogP contribution in [0.3, 0.4) is 0 Å².